The monoisotopic (exact) mass is 376 g/mol. The van der Waals surface area contributed by atoms with E-state index >= 15 is 0 Å². The van der Waals surface area contributed by atoms with Gasteiger partial charge in [-0.15, -0.1) is 0 Å². The molecule has 1 aromatic rings. The van der Waals surface area contributed by atoms with Gasteiger partial charge in [-0.3, -0.25) is 4.79 Å². The second-order valence-corrected chi connectivity index (χ2v) is 5.94. The highest BCUT2D eigenvalue weighted by Gasteiger charge is 2.14. The molecule has 3 N–H and O–H groups in total. The third kappa shape index (κ3) is 4.71. The van der Waals surface area contributed by atoms with E-state index in [4.69, 9.17) is 5.73 Å². The van der Waals surface area contributed by atoms with Crippen LogP contribution in [0.15, 0.2) is 27.1 Å². The molecule has 1 rings (SSSR count). The molecule has 0 fully saturated rings. The van der Waals surface area contributed by atoms with Crippen molar-refractivity contribution in [3.63, 3.8) is 0 Å². The van der Waals surface area contributed by atoms with Crippen LogP contribution in [0.25, 0.3) is 0 Å². The van der Waals surface area contributed by atoms with E-state index in [9.17, 15) is 4.79 Å². The lowest BCUT2D eigenvalue weighted by Crippen LogP contribution is -2.40. The normalized spacial score (nSPS) is 12.2. The molecule has 0 heterocycles. The highest BCUT2D eigenvalue weighted by atomic mass is 79.9. The number of unbranched alkanes of at least 4 members (excludes halogenated alkanes) is 1. The number of hydrogen-bond acceptors (Lipinski definition) is 2. The molecular formula is C13H18Br2N2O. The number of benzene rings is 1. The number of hydrogen-bond donors (Lipinski definition) is 2. The van der Waals surface area contributed by atoms with E-state index in [2.05, 4.69) is 44.1 Å². The molecule has 0 aromatic heterocycles. The average molecular weight is 378 g/mol. The summed E-state index contributed by atoms with van der Waals surface area (Å²) in [5.41, 5.74) is 6.30. The largest absolute Gasteiger partial charge is 0.348 e. The second-order valence-electron chi connectivity index (χ2n) is 4.17. The van der Waals surface area contributed by atoms with Crippen LogP contribution >= 0.6 is 31.9 Å². The minimum absolute atomic E-state index is 0.0448. The average Bonchev–Trinajstić information content (AvgIpc) is 2.37. The van der Waals surface area contributed by atoms with E-state index in [1.165, 1.54) is 0 Å². The second kappa shape index (κ2) is 7.92. The third-order valence-corrected chi connectivity index (χ3v) is 3.88. The van der Waals surface area contributed by atoms with Gasteiger partial charge in [-0.05, 0) is 40.5 Å². The summed E-state index contributed by atoms with van der Waals surface area (Å²) >= 11 is 6.75. The zero-order valence-corrected chi connectivity index (χ0v) is 13.6. The van der Waals surface area contributed by atoms with Gasteiger partial charge in [0.1, 0.15) is 0 Å². The molecule has 1 unspecified atom stereocenters. The summed E-state index contributed by atoms with van der Waals surface area (Å²) < 4.78 is 1.67. The van der Waals surface area contributed by atoms with E-state index in [1.807, 2.05) is 12.1 Å². The molecule has 1 aromatic carbocycles. The Morgan fingerprint density at radius 3 is 2.78 bits per heavy atom. The maximum absolute atomic E-state index is 12.1. The first-order valence-corrected chi connectivity index (χ1v) is 7.63. The van der Waals surface area contributed by atoms with Crippen LogP contribution in [0, 0.1) is 0 Å². The first kappa shape index (κ1) is 15.7. The molecule has 1 atom stereocenters. The number of rotatable bonds is 6. The minimum Gasteiger partial charge on any atom is -0.348 e. The molecule has 0 spiro atoms. The zero-order valence-electron chi connectivity index (χ0n) is 10.4. The Hall–Kier alpha value is -0.390. The van der Waals surface area contributed by atoms with Crippen LogP contribution in [-0.2, 0) is 0 Å². The Kier molecular flexibility index (Phi) is 6.89. The molecule has 0 bridgehead atoms. The SMILES string of the molecule is CCCCC(CN)NC(=O)c1cc(Br)ccc1Br. The first-order chi connectivity index (χ1) is 8.58. The lowest BCUT2D eigenvalue weighted by atomic mass is 10.1. The van der Waals surface area contributed by atoms with Crippen LogP contribution < -0.4 is 11.1 Å². The lowest BCUT2D eigenvalue weighted by Gasteiger charge is -2.17. The fourth-order valence-corrected chi connectivity index (χ4v) is 2.42. The van der Waals surface area contributed by atoms with Crippen LogP contribution in [0.1, 0.15) is 36.5 Å². The maximum atomic E-state index is 12.1. The first-order valence-electron chi connectivity index (χ1n) is 6.04. The van der Waals surface area contributed by atoms with Crippen molar-refractivity contribution in [1.82, 2.24) is 5.32 Å². The Balaban J connectivity index is 2.71. The summed E-state index contributed by atoms with van der Waals surface area (Å²) in [4.78, 5) is 12.1. The van der Waals surface area contributed by atoms with Crippen molar-refractivity contribution in [3.05, 3.63) is 32.7 Å². The summed E-state index contributed by atoms with van der Waals surface area (Å²) in [5, 5.41) is 2.97. The van der Waals surface area contributed by atoms with Crippen LogP contribution in [0.2, 0.25) is 0 Å². The highest BCUT2D eigenvalue weighted by molar-refractivity contribution is 9.11. The molecule has 0 saturated heterocycles. The Morgan fingerprint density at radius 2 is 2.17 bits per heavy atom. The summed E-state index contributed by atoms with van der Waals surface area (Å²) in [5.74, 6) is -0.0882. The summed E-state index contributed by atoms with van der Waals surface area (Å²) in [6, 6.07) is 5.58. The zero-order chi connectivity index (χ0) is 13.5. The highest BCUT2D eigenvalue weighted by Crippen LogP contribution is 2.21. The fourth-order valence-electron chi connectivity index (χ4n) is 1.63. The summed E-state index contributed by atoms with van der Waals surface area (Å²) in [6.07, 6.45) is 3.10. The summed E-state index contributed by atoms with van der Waals surface area (Å²) in [6.45, 7) is 2.59. The standard InChI is InChI=1S/C13H18Br2N2O/c1-2-3-4-10(8-16)17-13(18)11-7-9(14)5-6-12(11)15/h5-7,10H,2-4,8,16H2,1H3,(H,17,18). The van der Waals surface area contributed by atoms with Gasteiger partial charge in [0.25, 0.3) is 5.91 Å². The van der Waals surface area contributed by atoms with Gasteiger partial charge >= 0.3 is 0 Å². The molecule has 1 amide bonds. The van der Waals surface area contributed by atoms with Gasteiger partial charge in [-0.2, -0.15) is 0 Å². The van der Waals surface area contributed by atoms with Crippen molar-refractivity contribution < 1.29 is 4.79 Å². The minimum atomic E-state index is -0.0882. The van der Waals surface area contributed by atoms with Crippen molar-refractivity contribution in [2.75, 3.05) is 6.54 Å². The lowest BCUT2D eigenvalue weighted by molar-refractivity contribution is 0.0935. The van der Waals surface area contributed by atoms with Gasteiger partial charge in [-0.1, -0.05) is 35.7 Å². The number of carbonyl (C=O) groups is 1. The van der Waals surface area contributed by atoms with Gasteiger partial charge in [0.05, 0.1) is 5.56 Å². The van der Waals surface area contributed by atoms with Crippen LogP contribution in [0.4, 0.5) is 0 Å². The number of carbonyl (C=O) groups excluding carboxylic acids is 1. The van der Waals surface area contributed by atoms with E-state index < -0.39 is 0 Å². The topological polar surface area (TPSA) is 55.1 Å². The Bertz CT molecular complexity index is 410. The van der Waals surface area contributed by atoms with Crippen molar-refractivity contribution in [1.29, 1.82) is 0 Å². The van der Waals surface area contributed by atoms with Gasteiger partial charge in [-0.25, -0.2) is 0 Å². The quantitative estimate of drug-likeness (QED) is 0.797. The van der Waals surface area contributed by atoms with E-state index in [-0.39, 0.29) is 11.9 Å². The molecule has 0 aliphatic carbocycles. The van der Waals surface area contributed by atoms with E-state index in [1.54, 1.807) is 6.07 Å². The van der Waals surface area contributed by atoms with Gasteiger partial charge in [0.15, 0.2) is 0 Å². The van der Waals surface area contributed by atoms with Gasteiger partial charge < -0.3 is 11.1 Å². The molecule has 0 aliphatic rings. The number of nitrogens with two attached hydrogens (primary N) is 1. The number of amides is 1. The number of nitrogens with one attached hydrogen (secondary N) is 1. The van der Waals surface area contributed by atoms with E-state index in [0.29, 0.717) is 12.1 Å². The molecule has 0 aliphatic heterocycles. The van der Waals surface area contributed by atoms with Gasteiger partial charge in [0.2, 0.25) is 0 Å². The molecule has 0 saturated carbocycles. The predicted octanol–water partition coefficient (Wildman–Crippen LogP) is 3.46. The molecule has 18 heavy (non-hydrogen) atoms. The van der Waals surface area contributed by atoms with Crippen molar-refractivity contribution in [2.45, 2.75) is 32.2 Å². The van der Waals surface area contributed by atoms with Crippen molar-refractivity contribution in [2.24, 2.45) is 5.73 Å². The third-order valence-electron chi connectivity index (χ3n) is 2.70. The summed E-state index contributed by atoms with van der Waals surface area (Å²) in [7, 11) is 0. The Morgan fingerprint density at radius 1 is 1.44 bits per heavy atom. The van der Waals surface area contributed by atoms with Crippen LogP contribution in [-0.4, -0.2) is 18.5 Å². The molecule has 3 nitrogen and oxygen atoms in total. The van der Waals surface area contributed by atoms with Crippen molar-refractivity contribution in [3.8, 4) is 0 Å². The molecule has 100 valence electrons. The molecule has 0 radical (unpaired) electrons. The van der Waals surface area contributed by atoms with Crippen molar-refractivity contribution >= 4 is 37.8 Å². The smallest absolute Gasteiger partial charge is 0.252 e. The number of halogens is 2. The fraction of sp³-hybridized carbons (Fsp3) is 0.462. The van der Waals surface area contributed by atoms with Crippen LogP contribution in [0.3, 0.4) is 0 Å². The van der Waals surface area contributed by atoms with Crippen LogP contribution in [0.5, 0.6) is 0 Å². The maximum Gasteiger partial charge on any atom is 0.252 e. The molecular weight excluding hydrogens is 360 g/mol. The Labute approximate surface area is 125 Å². The molecule has 5 heteroatoms. The van der Waals surface area contributed by atoms with E-state index in [0.717, 1.165) is 28.2 Å². The van der Waals surface area contributed by atoms with Gasteiger partial charge in [0, 0.05) is 21.5 Å². The predicted molar refractivity (Wildman–Crippen MR) is 81.7 cm³/mol.